The Morgan fingerprint density at radius 2 is 1.88 bits per heavy atom. The van der Waals surface area contributed by atoms with E-state index in [1.165, 1.54) is 25.7 Å². The molecule has 1 aliphatic rings. The van der Waals surface area contributed by atoms with Crippen molar-refractivity contribution in [2.24, 2.45) is 5.92 Å². The monoisotopic (exact) mass is 235 g/mol. The van der Waals surface area contributed by atoms with E-state index < -0.39 is 0 Å². The number of hydrogen-bond acceptors (Lipinski definition) is 2. The van der Waals surface area contributed by atoms with Crippen molar-refractivity contribution in [1.82, 2.24) is 10.2 Å². The minimum Gasteiger partial charge on any atom is -0.323 e. The molecule has 0 aromatic carbocycles. The summed E-state index contributed by atoms with van der Waals surface area (Å²) in [6, 6.07) is 0. The Kier molecular flexibility index (Phi) is 3.82. The molecule has 4 nitrogen and oxygen atoms in total. The van der Waals surface area contributed by atoms with Gasteiger partial charge in [0, 0.05) is 5.92 Å². The van der Waals surface area contributed by atoms with Gasteiger partial charge in [0.25, 0.3) is 0 Å². The maximum atomic E-state index is 12.2. The largest absolute Gasteiger partial charge is 0.323 e. The lowest BCUT2D eigenvalue weighted by atomic mass is 9.99. The number of nitrogens with one attached hydrogen (secondary N) is 2. The SMILES string of the molecule is Cc1n[nH]c(C)c1NC(=O)C1CCCCCC1. The number of H-pyrrole nitrogens is 1. The molecule has 17 heavy (non-hydrogen) atoms. The second-order valence-corrected chi connectivity index (χ2v) is 4.99. The molecule has 1 amide bonds. The number of aromatic amines is 1. The molecule has 0 spiro atoms. The molecule has 1 saturated carbocycles. The summed E-state index contributed by atoms with van der Waals surface area (Å²) in [5.41, 5.74) is 2.66. The van der Waals surface area contributed by atoms with E-state index >= 15 is 0 Å². The zero-order chi connectivity index (χ0) is 12.3. The van der Waals surface area contributed by atoms with Crippen molar-refractivity contribution in [2.75, 3.05) is 5.32 Å². The Morgan fingerprint density at radius 3 is 2.41 bits per heavy atom. The van der Waals surface area contributed by atoms with Gasteiger partial charge in [-0.1, -0.05) is 25.7 Å². The number of amides is 1. The molecule has 1 aromatic heterocycles. The van der Waals surface area contributed by atoms with Gasteiger partial charge in [-0.05, 0) is 26.7 Å². The fourth-order valence-corrected chi connectivity index (χ4v) is 2.50. The predicted molar refractivity (Wildman–Crippen MR) is 67.9 cm³/mol. The summed E-state index contributed by atoms with van der Waals surface area (Å²) in [6.07, 6.45) is 6.97. The van der Waals surface area contributed by atoms with Gasteiger partial charge >= 0.3 is 0 Å². The number of aryl methyl sites for hydroxylation is 2. The molecule has 0 atom stereocenters. The number of carbonyl (C=O) groups is 1. The van der Waals surface area contributed by atoms with Crippen LogP contribution in [-0.2, 0) is 4.79 Å². The van der Waals surface area contributed by atoms with Crippen molar-refractivity contribution in [3.05, 3.63) is 11.4 Å². The number of anilines is 1. The highest BCUT2D eigenvalue weighted by atomic mass is 16.1. The van der Waals surface area contributed by atoms with Crippen molar-refractivity contribution >= 4 is 11.6 Å². The zero-order valence-electron chi connectivity index (χ0n) is 10.7. The highest BCUT2D eigenvalue weighted by Crippen LogP contribution is 2.25. The van der Waals surface area contributed by atoms with Crippen LogP contribution in [0.15, 0.2) is 0 Å². The molecule has 0 aliphatic heterocycles. The standard InChI is InChI=1S/C13H21N3O/c1-9-12(10(2)16-15-9)14-13(17)11-7-5-3-4-6-8-11/h11H,3-8H2,1-2H3,(H,14,17)(H,15,16). The molecule has 1 fully saturated rings. The summed E-state index contributed by atoms with van der Waals surface area (Å²) in [5.74, 6) is 0.353. The minimum atomic E-state index is 0.166. The second kappa shape index (κ2) is 5.34. The number of carbonyl (C=O) groups excluding carboxylic acids is 1. The molecule has 1 aromatic rings. The van der Waals surface area contributed by atoms with Gasteiger partial charge in [0.2, 0.25) is 5.91 Å². The molecule has 2 rings (SSSR count). The summed E-state index contributed by atoms with van der Waals surface area (Å²) in [6.45, 7) is 3.84. The van der Waals surface area contributed by atoms with E-state index in [2.05, 4.69) is 15.5 Å². The average Bonchev–Trinajstić information content (AvgIpc) is 2.59. The molecule has 1 heterocycles. The molecular weight excluding hydrogens is 214 g/mol. The number of rotatable bonds is 2. The van der Waals surface area contributed by atoms with Crippen LogP contribution in [0.2, 0.25) is 0 Å². The molecule has 2 N–H and O–H groups in total. The van der Waals surface area contributed by atoms with Crippen LogP contribution in [0.5, 0.6) is 0 Å². The summed E-state index contributed by atoms with van der Waals surface area (Å²) in [5, 5.41) is 10.0. The molecule has 4 heteroatoms. The van der Waals surface area contributed by atoms with Crippen LogP contribution in [0.25, 0.3) is 0 Å². The third-order valence-corrected chi connectivity index (χ3v) is 3.60. The van der Waals surface area contributed by atoms with Crippen LogP contribution in [-0.4, -0.2) is 16.1 Å². The van der Waals surface area contributed by atoms with Crippen LogP contribution >= 0.6 is 0 Å². The first-order valence-electron chi connectivity index (χ1n) is 6.51. The molecule has 1 aliphatic carbocycles. The van der Waals surface area contributed by atoms with Crippen LogP contribution in [0.3, 0.4) is 0 Å². The van der Waals surface area contributed by atoms with E-state index in [4.69, 9.17) is 0 Å². The van der Waals surface area contributed by atoms with E-state index in [-0.39, 0.29) is 11.8 Å². The van der Waals surface area contributed by atoms with Crippen molar-refractivity contribution in [2.45, 2.75) is 52.4 Å². The highest BCUT2D eigenvalue weighted by Gasteiger charge is 2.21. The predicted octanol–water partition coefficient (Wildman–Crippen LogP) is 2.94. The zero-order valence-corrected chi connectivity index (χ0v) is 10.7. The van der Waals surface area contributed by atoms with Crippen LogP contribution in [0, 0.1) is 19.8 Å². The normalized spacial score (nSPS) is 17.8. The van der Waals surface area contributed by atoms with Crippen LogP contribution in [0.1, 0.15) is 49.9 Å². The fraction of sp³-hybridized carbons (Fsp3) is 0.692. The third kappa shape index (κ3) is 2.87. The van der Waals surface area contributed by atoms with E-state index in [0.717, 1.165) is 29.9 Å². The Balaban J connectivity index is 2.00. The molecule has 94 valence electrons. The topological polar surface area (TPSA) is 57.8 Å². The van der Waals surface area contributed by atoms with Crippen LogP contribution in [0.4, 0.5) is 5.69 Å². The molecule has 0 saturated heterocycles. The van der Waals surface area contributed by atoms with Crippen molar-refractivity contribution < 1.29 is 4.79 Å². The van der Waals surface area contributed by atoms with Crippen molar-refractivity contribution in [3.8, 4) is 0 Å². The number of nitrogens with zero attached hydrogens (tertiary/aromatic N) is 1. The van der Waals surface area contributed by atoms with Crippen LogP contribution < -0.4 is 5.32 Å². The maximum Gasteiger partial charge on any atom is 0.227 e. The van der Waals surface area contributed by atoms with E-state index in [1.54, 1.807) is 0 Å². The first kappa shape index (κ1) is 12.1. The summed E-state index contributed by atoms with van der Waals surface area (Å²) < 4.78 is 0. The molecule has 0 bridgehead atoms. The Hall–Kier alpha value is -1.32. The number of hydrogen-bond donors (Lipinski definition) is 2. The smallest absolute Gasteiger partial charge is 0.227 e. The van der Waals surface area contributed by atoms with Gasteiger partial charge in [0.05, 0.1) is 17.1 Å². The van der Waals surface area contributed by atoms with Gasteiger partial charge in [0.15, 0.2) is 0 Å². The van der Waals surface area contributed by atoms with Gasteiger partial charge in [-0.2, -0.15) is 5.10 Å². The van der Waals surface area contributed by atoms with Gasteiger partial charge in [-0.15, -0.1) is 0 Å². The van der Waals surface area contributed by atoms with E-state index in [1.807, 2.05) is 13.8 Å². The summed E-state index contributed by atoms with van der Waals surface area (Å²) >= 11 is 0. The summed E-state index contributed by atoms with van der Waals surface area (Å²) in [7, 11) is 0. The second-order valence-electron chi connectivity index (χ2n) is 4.99. The van der Waals surface area contributed by atoms with Gasteiger partial charge in [-0.25, -0.2) is 0 Å². The third-order valence-electron chi connectivity index (χ3n) is 3.60. The molecular formula is C13H21N3O. The summed E-state index contributed by atoms with van der Waals surface area (Å²) in [4.78, 5) is 12.2. The average molecular weight is 235 g/mol. The quantitative estimate of drug-likeness (QED) is 0.774. The lowest BCUT2D eigenvalue weighted by molar-refractivity contribution is -0.120. The Bertz CT molecular complexity index is 370. The molecule has 0 radical (unpaired) electrons. The molecule has 0 unspecified atom stereocenters. The lowest BCUT2D eigenvalue weighted by Gasteiger charge is -2.14. The van der Waals surface area contributed by atoms with Gasteiger partial charge in [0.1, 0.15) is 0 Å². The Morgan fingerprint density at radius 1 is 1.24 bits per heavy atom. The maximum absolute atomic E-state index is 12.2. The Labute approximate surface area is 102 Å². The van der Waals surface area contributed by atoms with Gasteiger partial charge < -0.3 is 5.32 Å². The highest BCUT2D eigenvalue weighted by molar-refractivity contribution is 5.93. The van der Waals surface area contributed by atoms with E-state index in [0.29, 0.717) is 0 Å². The van der Waals surface area contributed by atoms with Crippen molar-refractivity contribution in [1.29, 1.82) is 0 Å². The number of aromatic nitrogens is 2. The van der Waals surface area contributed by atoms with Crippen molar-refractivity contribution in [3.63, 3.8) is 0 Å². The van der Waals surface area contributed by atoms with E-state index in [9.17, 15) is 4.79 Å². The first-order valence-corrected chi connectivity index (χ1v) is 6.51. The lowest BCUT2D eigenvalue weighted by Crippen LogP contribution is -2.22. The van der Waals surface area contributed by atoms with Gasteiger partial charge in [-0.3, -0.25) is 9.89 Å². The first-order chi connectivity index (χ1) is 8.18. The fourth-order valence-electron chi connectivity index (χ4n) is 2.50. The minimum absolute atomic E-state index is 0.166.